The maximum Gasteiger partial charge on any atom is 0.0528 e. The summed E-state index contributed by atoms with van der Waals surface area (Å²) in [4.78, 5) is 0. The van der Waals surface area contributed by atoms with Crippen molar-refractivity contribution in [2.75, 3.05) is 11.5 Å². The average molecular weight is 663 g/mol. The van der Waals surface area contributed by atoms with Crippen LogP contribution in [-0.2, 0) is 0 Å². The number of hydrogen-bond acceptors (Lipinski definition) is 4. The molecule has 0 fully saturated rings. The molecule has 0 heterocycles. The van der Waals surface area contributed by atoms with Gasteiger partial charge in [-0.1, -0.05) is 72.8 Å². The van der Waals surface area contributed by atoms with Crippen molar-refractivity contribution in [3.05, 3.63) is 154 Å². The van der Waals surface area contributed by atoms with Crippen LogP contribution in [0.15, 0.2) is 109 Å². The van der Waals surface area contributed by atoms with Crippen molar-refractivity contribution in [1.29, 1.82) is 0 Å². The van der Waals surface area contributed by atoms with E-state index in [1.54, 1.807) is 0 Å². The summed E-state index contributed by atoms with van der Waals surface area (Å²) >= 11 is 19.9. The predicted molar refractivity (Wildman–Crippen MR) is 207 cm³/mol. The zero-order valence-corrected chi connectivity index (χ0v) is 28.5. The first-order chi connectivity index (χ1) is 22.6. The van der Waals surface area contributed by atoms with Gasteiger partial charge in [-0.3, -0.25) is 0 Å². The molecule has 0 saturated heterocycles. The fraction of sp³-hybridized carbons (Fsp3) is 0.143. The molecule has 0 bridgehead atoms. The van der Waals surface area contributed by atoms with Gasteiger partial charge in [-0.05, 0) is 137 Å². The van der Waals surface area contributed by atoms with E-state index in [9.17, 15) is 0 Å². The molecule has 0 saturated carbocycles. The van der Waals surface area contributed by atoms with Crippen molar-refractivity contribution in [1.82, 2.24) is 0 Å². The minimum absolute atomic E-state index is 0.0597. The Labute approximate surface area is 292 Å². The van der Waals surface area contributed by atoms with Crippen LogP contribution in [0.25, 0.3) is 55.6 Å². The standard InChI is InChI=1S/C42H30S4/c43-19-39-24-6-2-1-5-23(24)31-15-36-33(16-35(31)39)29-13-21(9-11-26(29)40(36)20-44)22-10-12-28-30(14-22)34-18-37-32(17-38(34)42(28)46)25-7-3-4-8-27(25)41(37)45/h1-18,39-46H,19-20H2. The molecular formula is C42H30S4. The Hall–Kier alpha value is -3.28. The summed E-state index contributed by atoms with van der Waals surface area (Å²) in [5.41, 5.74) is 23.8. The van der Waals surface area contributed by atoms with Crippen molar-refractivity contribution < 1.29 is 0 Å². The summed E-state index contributed by atoms with van der Waals surface area (Å²) in [6.45, 7) is 0. The van der Waals surface area contributed by atoms with E-state index in [4.69, 9.17) is 50.5 Å². The van der Waals surface area contributed by atoms with E-state index >= 15 is 0 Å². The number of rotatable bonds is 3. The summed E-state index contributed by atoms with van der Waals surface area (Å²) in [7, 11) is 0. The first kappa shape index (κ1) is 27.8. The quantitative estimate of drug-likeness (QED) is 0.133. The lowest BCUT2D eigenvalue weighted by Crippen LogP contribution is -2.00. The lowest BCUT2D eigenvalue weighted by Gasteiger charge is -2.14. The van der Waals surface area contributed by atoms with E-state index in [-0.39, 0.29) is 16.4 Å². The molecule has 46 heavy (non-hydrogen) atoms. The zero-order chi connectivity index (χ0) is 30.8. The molecular weight excluding hydrogens is 633 g/mol. The van der Waals surface area contributed by atoms with Crippen LogP contribution in [0.5, 0.6) is 0 Å². The predicted octanol–water partition coefficient (Wildman–Crippen LogP) is 11.4. The van der Waals surface area contributed by atoms with E-state index in [0.717, 1.165) is 11.5 Å². The SMILES string of the molecule is SCC1c2ccccc2-c2cc3c(cc21)-c1cc(-c2ccc4c(c2)-c2cc5c(cc2C4S)-c2ccccc2C5S)ccc1C3CS. The van der Waals surface area contributed by atoms with Crippen LogP contribution in [0.4, 0.5) is 0 Å². The van der Waals surface area contributed by atoms with E-state index < -0.39 is 0 Å². The molecule has 0 N–H and O–H groups in total. The third-order valence-electron chi connectivity index (χ3n) is 11.0. The Kier molecular flexibility index (Phi) is 6.11. The summed E-state index contributed by atoms with van der Waals surface area (Å²) in [6.07, 6.45) is 0. The van der Waals surface area contributed by atoms with Gasteiger partial charge in [0.05, 0.1) is 10.5 Å². The third kappa shape index (κ3) is 3.65. The highest BCUT2D eigenvalue weighted by atomic mass is 32.1. The summed E-state index contributed by atoms with van der Waals surface area (Å²) in [5.74, 6) is 2.19. The number of thiol groups is 4. The van der Waals surface area contributed by atoms with Crippen LogP contribution in [0.1, 0.15) is 66.8 Å². The third-order valence-corrected chi connectivity index (χ3v) is 12.9. The molecule has 4 heteroatoms. The van der Waals surface area contributed by atoms with Gasteiger partial charge in [0.2, 0.25) is 0 Å². The maximum absolute atomic E-state index is 5.15. The molecule has 0 aromatic heterocycles. The molecule has 10 rings (SSSR count). The van der Waals surface area contributed by atoms with Gasteiger partial charge in [0.25, 0.3) is 0 Å². The minimum Gasteiger partial charge on any atom is -0.178 e. The number of fused-ring (bicyclic) bond motifs is 12. The lowest BCUT2D eigenvalue weighted by molar-refractivity contribution is 0.962. The van der Waals surface area contributed by atoms with Crippen LogP contribution >= 0.6 is 50.5 Å². The summed E-state index contributed by atoms with van der Waals surface area (Å²) in [6, 6.07) is 41.2. The highest BCUT2D eigenvalue weighted by Gasteiger charge is 2.36. The summed E-state index contributed by atoms with van der Waals surface area (Å²) in [5, 5.41) is 0.152. The highest BCUT2D eigenvalue weighted by molar-refractivity contribution is 7.81. The first-order valence-electron chi connectivity index (χ1n) is 16.0. The molecule has 4 aliphatic rings. The topological polar surface area (TPSA) is 0 Å². The largest absolute Gasteiger partial charge is 0.178 e. The Bertz CT molecular complexity index is 2300. The molecule has 4 unspecified atom stereocenters. The normalized spacial score (nSPS) is 20.3. The molecule has 222 valence electrons. The van der Waals surface area contributed by atoms with Gasteiger partial charge in [0.15, 0.2) is 0 Å². The molecule has 0 aliphatic heterocycles. The van der Waals surface area contributed by atoms with E-state index in [2.05, 4.69) is 109 Å². The van der Waals surface area contributed by atoms with Crippen LogP contribution in [0, 0.1) is 0 Å². The highest BCUT2D eigenvalue weighted by Crippen LogP contribution is 2.56. The average Bonchev–Trinajstić information content (AvgIpc) is 3.77. The smallest absolute Gasteiger partial charge is 0.0528 e. The molecule has 6 aromatic carbocycles. The van der Waals surface area contributed by atoms with Gasteiger partial charge in [-0.2, -0.15) is 50.5 Å². The molecule has 4 aliphatic carbocycles. The van der Waals surface area contributed by atoms with Crippen LogP contribution < -0.4 is 0 Å². The fourth-order valence-corrected chi connectivity index (χ4v) is 10.5. The van der Waals surface area contributed by atoms with Gasteiger partial charge in [-0.15, -0.1) is 0 Å². The molecule has 4 atom stereocenters. The summed E-state index contributed by atoms with van der Waals surface area (Å²) < 4.78 is 0. The molecule has 0 radical (unpaired) electrons. The Morgan fingerprint density at radius 2 is 0.717 bits per heavy atom. The maximum atomic E-state index is 5.15. The second-order valence-electron chi connectivity index (χ2n) is 13.1. The van der Waals surface area contributed by atoms with Crippen molar-refractivity contribution >= 4 is 50.5 Å². The van der Waals surface area contributed by atoms with Gasteiger partial charge < -0.3 is 0 Å². The monoisotopic (exact) mass is 662 g/mol. The van der Waals surface area contributed by atoms with Crippen LogP contribution in [0.3, 0.4) is 0 Å². The fourth-order valence-electron chi connectivity index (χ4n) is 8.80. The van der Waals surface area contributed by atoms with Crippen molar-refractivity contribution in [2.24, 2.45) is 0 Å². The van der Waals surface area contributed by atoms with Gasteiger partial charge >= 0.3 is 0 Å². The zero-order valence-electron chi connectivity index (χ0n) is 24.9. The Balaban J connectivity index is 1.09. The number of hydrogen-bond donors (Lipinski definition) is 4. The molecule has 6 aromatic rings. The minimum atomic E-state index is 0.0597. The first-order valence-corrected chi connectivity index (χ1v) is 18.3. The van der Waals surface area contributed by atoms with Gasteiger partial charge in [0.1, 0.15) is 0 Å². The Morgan fingerprint density at radius 1 is 0.348 bits per heavy atom. The number of benzene rings is 6. The Morgan fingerprint density at radius 3 is 1.33 bits per heavy atom. The molecule has 0 nitrogen and oxygen atoms in total. The van der Waals surface area contributed by atoms with Crippen LogP contribution in [0.2, 0.25) is 0 Å². The second kappa shape index (κ2) is 10.1. The molecule has 0 amide bonds. The van der Waals surface area contributed by atoms with E-state index in [1.807, 2.05) is 0 Å². The van der Waals surface area contributed by atoms with Gasteiger partial charge in [0, 0.05) is 23.3 Å². The second-order valence-corrected chi connectivity index (χ2v) is 14.9. The van der Waals surface area contributed by atoms with Crippen LogP contribution in [-0.4, -0.2) is 11.5 Å². The van der Waals surface area contributed by atoms with E-state index in [0.29, 0.717) is 5.92 Å². The van der Waals surface area contributed by atoms with Crippen molar-refractivity contribution in [3.8, 4) is 55.6 Å². The van der Waals surface area contributed by atoms with Gasteiger partial charge in [-0.25, -0.2) is 0 Å². The van der Waals surface area contributed by atoms with E-state index in [1.165, 1.54) is 100 Å². The van der Waals surface area contributed by atoms with Crippen molar-refractivity contribution in [3.63, 3.8) is 0 Å². The molecule has 0 spiro atoms. The lowest BCUT2D eigenvalue weighted by atomic mass is 9.92. The van der Waals surface area contributed by atoms with Crippen molar-refractivity contribution in [2.45, 2.75) is 22.3 Å².